The lowest BCUT2D eigenvalue weighted by atomic mass is 10.3. The van der Waals surface area contributed by atoms with Gasteiger partial charge in [-0.15, -0.1) is 44.3 Å². The molecule has 0 aromatic heterocycles. The second-order valence-electron chi connectivity index (χ2n) is 5.46. The molecule has 0 aliphatic heterocycles. The fourth-order valence-corrected chi connectivity index (χ4v) is 8.60. The normalized spacial score (nSPS) is 12.2. The van der Waals surface area contributed by atoms with Gasteiger partial charge in [0.25, 0.3) is 0 Å². The van der Waals surface area contributed by atoms with E-state index in [2.05, 4.69) is 0 Å². The predicted octanol–water partition coefficient (Wildman–Crippen LogP) is 3.75. The average Bonchev–Trinajstić information content (AvgIpc) is 2.63. The number of halogens is 4. The third kappa shape index (κ3) is 3.59. The summed E-state index contributed by atoms with van der Waals surface area (Å²) in [5.74, 6) is 0. The van der Waals surface area contributed by atoms with Gasteiger partial charge in [-0.2, -0.15) is 0 Å². The van der Waals surface area contributed by atoms with Crippen molar-refractivity contribution in [1.29, 1.82) is 0 Å². The average molecular weight is 428 g/mol. The SMILES string of the molecule is Cl[Si](Cl)(c1ccccc1)c1ccc([Si](Cl)(Cl)c2ccccc2)cc1. The summed E-state index contributed by atoms with van der Waals surface area (Å²) in [6.07, 6.45) is 0. The van der Waals surface area contributed by atoms with Crippen LogP contribution in [0.5, 0.6) is 0 Å². The zero-order valence-corrected chi connectivity index (χ0v) is 17.6. The van der Waals surface area contributed by atoms with E-state index in [0.29, 0.717) is 0 Å². The van der Waals surface area contributed by atoms with Crippen LogP contribution in [0.15, 0.2) is 84.9 Å². The maximum Gasteiger partial charge on any atom is 0.310 e. The van der Waals surface area contributed by atoms with Crippen molar-refractivity contribution in [3.05, 3.63) is 84.9 Å². The summed E-state index contributed by atoms with van der Waals surface area (Å²) in [4.78, 5) is 0. The molecule has 0 unspecified atom stereocenters. The molecule has 3 rings (SSSR count). The molecule has 0 bridgehead atoms. The first-order chi connectivity index (χ1) is 11.4. The van der Waals surface area contributed by atoms with Gasteiger partial charge in [0, 0.05) is 0 Å². The van der Waals surface area contributed by atoms with E-state index in [-0.39, 0.29) is 0 Å². The molecule has 3 aromatic carbocycles. The minimum Gasteiger partial charge on any atom is -0.134 e. The molecule has 0 atom stereocenters. The van der Waals surface area contributed by atoms with E-state index < -0.39 is 13.4 Å². The smallest absolute Gasteiger partial charge is 0.134 e. The van der Waals surface area contributed by atoms with E-state index in [4.69, 9.17) is 44.3 Å². The van der Waals surface area contributed by atoms with Crippen LogP contribution in [-0.4, -0.2) is 13.4 Å². The summed E-state index contributed by atoms with van der Waals surface area (Å²) in [6.45, 7) is -5.49. The highest BCUT2D eigenvalue weighted by Crippen LogP contribution is 2.18. The van der Waals surface area contributed by atoms with Crippen molar-refractivity contribution in [2.75, 3.05) is 0 Å². The van der Waals surface area contributed by atoms with E-state index in [1.807, 2.05) is 84.9 Å². The maximum absolute atomic E-state index is 6.72. The van der Waals surface area contributed by atoms with Gasteiger partial charge in [-0.3, -0.25) is 0 Å². The zero-order valence-electron chi connectivity index (χ0n) is 12.6. The topological polar surface area (TPSA) is 0 Å². The Morgan fingerprint density at radius 2 is 0.625 bits per heavy atom. The number of hydrogen-bond donors (Lipinski definition) is 0. The highest BCUT2D eigenvalue weighted by molar-refractivity contribution is 7.57. The molecule has 0 heterocycles. The number of hydrogen-bond acceptors (Lipinski definition) is 0. The van der Waals surface area contributed by atoms with Crippen molar-refractivity contribution in [2.24, 2.45) is 0 Å². The van der Waals surface area contributed by atoms with Gasteiger partial charge in [-0.25, -0.2) is 0 Å². The van der Waals surface area contributed by atoms with Crippen LogP contribution in [0.1, 0.15) is 0 Å². The molecule has 0 saturated heterocycles. The van der Waals surface area contributed by atoms with E-state index in [9.17, 15) is 0 Å². The number of rotatable bonds is 4. The van der Waals surface area contributed by atoms with Crippen LogP contribution in [0.25, 0.3) is 0 Å². The molecule has 0 saturated carbocycles. The molecule has 3 aromatic rings. The van der Waals surface area contributed by atoms with Crippen LogP contribution in [0, 0.1) is 0 Å². The van der Waals surface area contributed by atoms with Gasteiger partial charge in [-0.05, 0) is 20.7 Å². The Morgan fingerprint density at radius 1 is 0.375 bits per heavy atom. The number of benzene rings is 3. The van der Waals surface area contributed by atoms with Crippen molar-refractivity contribution in [3.63, 3.8) is 0 Å². The fourth-order valence-electron chi connectivity index (χ4n) is 2.52. The van der Waals surface area contributed by atoms with Crippen LogP contribution in [0.3, 0.4) is 0 Å². The lowest BCUT2D eigenvalue weighted by molar-refractivity contribution is 1.74. The van der Waals surface area contributed by atoms with Crippen molar-refractivity contribution in [2.45, 2.75) is 0 Å². The van der Waals surface area contributed by atoms with E-state index in [1.165, 1.54) is 0 Å². The Balaban J connectivity index is 1.94. The van der Waals surface area contributed by atoms with E-state index in [1.54, 1.807) is 0 Å². The van der Waals surface area contributed by atoms with Crippen LogP contribution >= 0.6 is 44.3 Å². The Kier molecular flexibility index (Phi) is 5.45. The van der Waals surface area contributed by atoms with E-state index >= 15 is 0 Å². The molecule has 0 amide bonds. The van der Waals surface area contributed by atoms with E-state index in [0.717, 1.165) is 20.7 Å². The summed E-state index contributed by atoms with van der Waals surface area (Å²) < 4.78 is 0. The summed E-state index contributed by atoms with van der Waals surface area (Å²) >= 11 is 26.9. The van der Waals surface area contributed by atoms with Gasteiger partial charge in [-0.1, -0.05) is 84.9 Å². The quantitative estimate of drug-likeness (QED) is 0.439. The molecule has 6 heteroatoms. The minimum absolute atomic E-state index is 0.923. The first kappa shape index (κ1) is 18.1. The Labute approximate surface area is 162 Å². The van der Waals surface area contributed by atoms with Gasteiger partial charge in [0.15, 0.2) is 0 Å². The van der Waals surface area contributed by atoms with Crippen molar-refractivity contribution < 1.29 is 0 Å². The highest BCUT2D eigenvalue weighted by Gasteiger charge is 2.36. The molecule has 0 nitrogen and oxygen atoms in total. The maximum atomic E-state index is 6.72. The van der Waals surface area contributed by atoms with Crippen molar-refractivity contribution in [3.8, 4) is 0 Å². The highest BCUT2D eigenvalue weighted by atomic mass is 35.7. The van der Waals surface area contributed by atoms with Crippen LogP contribution < -0.4 is 20.7 Å². The predicted molar refractivity (Wildman–Crippen MR) is 113 cm³/mol. The van der Waals surface area contributed by atoms with Gasteiger partial charge >= 0.3 is 13.4 Å². The lowest BCUT2D eigenvalue weighted by Crippen LogP contribution is -2.51. The monoisotopic (exact) mass is 426 g/mol. The van der Waals surface area contributed by atoms with Crippen LogP contribution in [0.4, 0.5) is 0 Å². The molecule has 24 heavy (non-hydrogen) atoms. The van der Waals surface area contributed by atoms with Gasteiger partial charge in [0.2, 0.25) is 0 Å². The van der Waals surface area contributed by atoms with Crippen LogP contribution in [0.2, 0.25) is 0 Å². The minimum atomic E-state index is -2.74. The van der Waals surface area contributed by atoms with Crippen LogP contribution in [-0.2, 0) is 0 Å². The largest absolute Gasteiger partial charge is 0.310 e. The Morgan fingerprint density at radius 3 is 0.917 bits per heavy atom. The van der Waals surface area contributed by atoms with Gasteiger partial charge in [0.05, 0.1) is 0 Å². The van der Waals surface area contributed by atoms with Gasteiger partial charge < -0.3 is 0 Å². The first-order valence-corrected chi connectivity index (χ1v) is 15.4. The van der Waals surface area contributed by atoms with Crippen molar-refractivity contribution in [1.82, 2.24) is 0 Å². The molecule has 0 spiro atoms. The third-order valence-electron chi connectivity index (χ3n) is 3.88. The van der Waals surface area contributed by atoms with Gasteiger partial charge in [0.1, 0.15) is 0 Å². The summed E-state index contributed by atoms with van der Waals surface area (Å²) in [7, 11) is 0. The molecule has 122 valence electrons. The third-order valence-corrected chi connectivity index (χ3v) is 13.4. The summed E-state index contributed by atoms with van der Waals surface area (Å²) in [5.41, 5.74) is 0. The fraction of sp³-hybridized carbons (Fsp3) is 0. The molecule has 0 aliphatic carbocycles. The second kappa shape index (κ2) is 7.24. The zero-order chi connectivity index (χ0) is 17.2. The molecular formula is C18H14Cl4Si2. The second-order valence-corrected chi connectivity index (χ2v) is 18.0. The first-order valence-electron chi connectivity index (χ1n) is 7.40. The molecule has 0 radical (unpaired) electrons. The summed E-state index contributed by atoms with van der Waals surface area (Å²) in [6, 6.07) is 27.3. The molecule has 0 fully saturated rings. The van der Waals surface area contributed by atoms with Crippen molar-refractivity contribution >= 4 is 78.4 Å². The molecule has 0 aliphatic rings. The Hall–Kier alpha value is -0.746. The molecule has 0 N–H and O–H groups in total. The summed E-state index contributed by atoms with van der Waals surface area (Å²) in [5, 5.41) is 3.77. The lowest BCUT2D eigenvalue weighted by Gasteiger charge is -2.21. The standard InChI is InChI=1S/C18H14Cl4Si2/c19-23(20,15-7-3-1-4-8-15)17-11-13-18(14-12-17)24(21,22)16-9-5-2-6-10-16/h1-14H. The Bertz CT molecular complexity index is 733. The molecular weight excluding hydrogens is 414 g/mol.